The summed E-state index contributed by atoms with van der Waals surface area (Å²) in [6.07, 6.45) is 1.34. The van der Waals surface area contributed by atoms with Crippen LogP contribution in [0.5, 0.6) is 0 Å². The van der Waals surface area contributed by atoms with Gasteiger partial charge in [-0.15, -0.1) is 10.2 Å². The Morgan fingerprint density at radius 1 is 1.06 bits per heavy atom. The lowest BCUT2D eigenvalue weighted by Crippen LogP contribution is -2.20. The van der Waals surface area contributed by atoms with E-state index in [1.54, 1.807) is 36.4 Å². The Balaban J connectivity index is 1.49. The number of nitrogens with zero attached hydrogens (tertiary/aromatic N) is 5. The number of benzene rings is 3. The number of thioether (sulfide) groups is 1. The molecule has 0 unspecified atom stereocenters. The Bertz CT molecular complexity index is 1390. The van der Waals surface area contributed by atoms with E-state index < -0.39 is 4.92 Å². The van der Waals surface area contributed by atoms with Crippen molar-refractivity contribution in [3.8, 4) is 17.1 Å². The Kier molecular flexibility index (Phi) is 7.76. The average Bonchev–Trinajstić information content (AvgIpc) is 3.28. The Labute approximate surface area is 213 Å². The van der Waals surface area contributed by atoms with Gasteiger partial charge in [-0.25, -0.2) is 5.43 Å². The fraction of sp³-hybridized carbons (Fsp3) is 0.0435. The summed E-state index contributed by atoms with van der Waals surface area (Å²) in [5.74, 6) is 0.212. The number of hydrogen-bond acceptors (Lipinski definition) is 7. The van der Waals surface area contributed by atoms with Crippen molar-refractivity contribution in [2.75, 3.05) is 5.75 Å². The number of non-ortho nitro benzene ring substituents is 1. The van der Waals surface area contributed by atoms with Crippen LogP contribution in [0.1, 0.15) is 5.56 Å². The first-order chi connectivity index (χ1) is 16.9. The molecule has 0 spiro atoms. The molecule has 4 aromatic rings. The SMILES string of the molecule is O=C(CSc1nnc(-c2ccc(Cl)cc2)n1-c1ccc(Cl)cc1)NN=Cc1cccc([N+](=O)[O-])c1. The van der Waals surface area contributed by atoms with Crippen LogP contribution in [-0.2, 0) is 4.79 Å². The molecule has 176 valence electrons. The normalized spacial score (nSPS) is 11.0. The lowest BCUT2D eigenvalue weighted by molar-refractivity contribution is -0.384. The molecule has 0 saturated carbocycles. The summed E-state index contributed by atoms with van der Waals surface area (Å²) in [6.45, 7) is 0. The van der Waals surface area contributed by atoms with Crippen LogP contribution in [0.15, 0.2) is 83.1 Å². The fourth-order valence-corrected chi connectivity index (χ4v) is 4.03. The predicted molar refractivity (Wildman–Crippen MR) is 136 cm³/mol. The highest BCUT2D eigenvalue weighted by Crippen LogP contribution is 2.29. The number of hydrazone groups is 1. The van der Waals surface area contributed by atoms with Crippen molar-refractivity contribution in [2.45, 2.75) is 5.16 Å². The van der Waals surface area contributed by atoms with Crippen LogP contribution in [0.4, 0.5) is 5.69 Å². The van der Waals surface area contributed by atoms with E-state index in [1.807, 2.05) is 28.8 Å². The first-order valence-electron chi connectivity index (χ1n) is 10.1. The van der Waals surface area contributed by atoms with Gasteiger partial charge >= 0.3 is 0 Å². The third kappa shape index (κ3) is 6.24. The molecule has 0 saturated heterocycles. The van der Waals surface area contributed by atoms with Gasteiger partial charge in [-0.1, -0.05) is 47.1 Å². The summed E-state index contributed by atoms with van der Waals surface area (Å²) in [7, 11) is 0. The van der Waals surface area contributed by atoms with E-state index >= 15 is 0 Å². The number of rotatable bonds is 8. The summed E-state index contributed by atoms with van der Waals surface area (Å²) in [5, 5.41) is 25.0. The van der Waals surface area contributed by atoms with Crippen molar-refractivity contribution >= 4 is 52.8 Å². The molecule has 0 fully saturated rings. The fourth-order valence-electron chi connectivity index (χ4n) is 3.03. The number of aromatic nitrogens is 3. The van der Waals surface area contributed by atoms with Crippen molar-refractivity contribution in [1.29, 1.82) is 0 Å². The van der Waals surface area contributed by atoms with Crippen molar-refractivity contribution in [3.63, 3.8) is 0 Å². The number of nitro benzene ring substituents is 1. The third-order valence-corrected chi connectivity index (χ3v) is 6.07. The van der Waals surface area contributed by atoms with E-state index in [9.17, 15) is 14.9 Å². The quantitative estimate of drug-likeness (QED) is 0.142. The van der Waals surface area contributed by atoms with Crippen LogP contribution in [0, 0.1) is 10.1 Å². The molecule has 3 aromatic carbocycles. The van der Waals surface area contributed by atoms with Gasteiger partial charge in [0, 0.05) is 39.0 Å². The number of carbonyl (C=O) groups is 1. The molecule has 0 aliphatic rings. The van der Waals surface area contributed by atoms with Gasteiger partial charge in [0.15, 0.2) is 11.0 Å². The first-order valence-corrected chi connectivity index (χ1v) is 11.8. The van der Waals surface area contributed by atoms with E-state index in [4.69, 9.17) is 23.2 Å². The van der Waals surface area contributed by atoms with E-state index in [2.05, 4.69) is 20.7 Å². The van der Waals surface area contributed by atoms with Gasteiger partial charge in [0.2, 0.25) is 0 Å². The van der Waals surface area contributed by atoms with Crippen molar-refractivity contribution < 1.29 is 9.72 Å². The monoisotopic (exact) mass is 526 g/mol. The molecule has 4 rings (SSSR count). The molecule has 0 aliphatic heterocycles. The second-order valence-corrected chi connectivity index (χ2v) is 8.87. The molecular formula is C23H16Cl2N6O3S. The standard InChI is InChI=1S/C23H16Cl2N6O3S/c24-17-6-4-16(5-7-17)22-28-29-23(30(22)19-10-8-18(25)9-11-19)35-14-21(32)27-26-13-15-2-1-3-20(12-15)31(33)34/h1-13H,14H2,(H,27,32). The number of amides is 1. The Hall–Kier alpha value is -3.73. The zero-order chi connectivity index (χ0) is 24.8. The maximum Gasteiger partial charge on any atom is 0.270 e. The second kappa shape index (κ2) is 11.1. The molecule has 1 heterocycles. The van der Waals surface area contributed by atoms with E-state index in [0.717, 1.165) is 11.3 Å². The minimum Gasteiger partial charge on any atom is -0.272 e. The highest BCUT2D eigenvalue weighted by Gasteiger charge is 2.17. The van der Waals surface area contributed by atoms with Gasteiger partial charge in [-0.2, -0.15) is 5.10 Å². The maximum absolute atomic E-state index is 12.3. The Morgan fingerprint density at radius 2 is 1.74 bits per heavy atom. The lowest BCUT2D eigenvalue weighted by atomic mass is 10.2. The Morgan fingerprint density at radius 3 is 2.43 bits per heavy atom. The molecule has 0 atom stereocenters. The van der Waals surface area contributed by atoms with Crippen LogP contribution in [0.2, 0.25) is 10.0 Å². The maximum atomic E-state index is 12.3. The lowest BCUT2D eigenvalue weighted by Gasteiger charge is -2.10. The smallest absolute Gasteiger partial charge is 0.270 e. The van der Waals surface area contributed by atoms with Gasteiger partial charge in [0.1, 0.15) is 0 Å². The topological polar surface area (TPSA) is 115 Å². The van der Waals surface area contributed by atoms with E-state index in [0.29, 0.717) is 26.6 Å². The number of carbonyl (C=O) groups excluding carboxylic acids is 1. The summed E-state index contributed by atoms with van der Waals surface area (Å²) in [4.78, 5) is 22.7. The summed E-state index contributed by atoms with van der Waals surface area (Å²) < 4.78 is 1.82. The molecular weight excluding hydrogens is 511 g/mol. The molecule has 1 aromatic heterocycles. The molecule has 1 N–H and O–H groups in total. The number of halogens is 2. The van der Waals surface area contributed by atoms with Gasteiger partial charge < -0.3 is 0 Å². The van der Waals surface area contributed by atoms with Gasteiger partial charge in [-0.3, -0.25) is 19.5 Å². The van der Waals surface area contributed by atoms with Crippen LogP contribution in [0.25, 0.3) is 17.1 Å². The zero-order valence-electron chi connectivity index (χ0n) is 17.8. The van der Waals surface area contributed by atoms with Gasteiger partial charge in [0.25, 0.3) is 11.6 Å². The number of nitrogens with one attached hydrogen (secondary N) is 1. The molecule has 0 bridgehead atoms. The highest BCUT2D eigenvalue weighted by molar-refractivity contribution is 7.99. The molecule has 0 aliphatic carbocycles. The predicted octanol–water partition coefficient (Wildman–Crippen LogP) is 5.39. The van der Waals surface area contributed by atoms with Crippen molar-refractivity contribution in [2.24, 2.45) is 5.10 Å². The van der Waals surface area contributed by atoms with Crippen LogP contribution >= 0.6 is 35.0 Å². The number of hydrogen-bond donors (Lipinski definition) is 1. The first kappa shape index (κ1) is 24.4. The number of nitro groups is 1. The molecule has 12 heteroatoms. The average molecular weight is 527 g/mol. The van der Waals surface area contributed by atoms with Gasteiger partial charge in [0.05, 0.1) is 16.9 Å². The van der Waals surface area contributed by atoms with Crippen LogP contribution < -0.4 is 5.43 Å². The summed E-state index contributed by atoms with van der Waals surface area (Å²) in [5.41, 5.74) is 4.41. The minimum atomic E-state index is -0.498. The second-order valence-electron chi connectivity index (χ2n) is 7.06. The zero-order valence-corrected chi connectivity index (χ0v) is 20.2. The van der Waals surface area contributed by atoms with E-state index in [-0.39, 0.29) is 17.3 Å². The molecule has 1 amide bonds. The molecule has 0 radical (unpaired) electrons. The minimum absolute atomic E-state index is 0.0125. The summed E-state index contributed by atoms with van der Waals surface area (Å²) >= 11 is 13.2. The molecule has 9 nitrogen and oxygen atoms in total. The van der Waals surface area contributed by atoms with E-state index in [1.165, 1.54) is 30.1 Å². The van der Waals surface area contributed by atoms with Crippen molar-refractivity contribution in [1.82, 2.24) is 20.2 Å². The van der Waals surface area contributed by atoms with Gasteiger partial charge in [-0.05, 0) is 48.5 Å². The highest BCUT2D eigenvalue weighted by atomic mass is 35.5. The van der Waals surface area contributed by atoms with Crippen LogP contribution in [0.3, 0.4) is 0 Å². The van der Waals surface area contributed by atoms with Crippen molar-refractivity contribution in [3.05, 3.63) is 98.5 Å². The van der Waals surface area contributed by atoms with Crippen LogP contribution in [-0.4, -0.2) is 37.6 Å². The summed E-state index contributed by atoms with van der Waals surface area (Å²) in [6, 6.07) is 20.3. The third-order valence-electron chi connectivity index (χ3n) is 4.64. The molecule has 35 heavy (non-hydrogen) atoms. The largest absolute Gasteiger partial charge is 0.272 e.